The molecule has 0 spiro atoms. The van der Waals surface area contributed by atoms with Crippen molar-refractivity contribution in [3.05, 3.63) is 41.6 Å². The number of methoxy groups -OCH3 is 1. The zero-order valence-corrected chi connectivity index (χ0v) is 12.1. The van der Waals surface area contributed by atoms with E-state index in [0.717, 1.165) is 17.1 Å². The summed E-state index contributed by atoms with van der Waals surface area (Å²) in [6.07, 6.45) is 1.76. The Morgan fingerprint density at radius 2 is 2.05 bits per heavy atom. The molecule has 0 atom stereocenters. The van der Waals surface area contributed by atoms with E-state index in [1.807, 2.05) is 19.1 Å². The van der Waals surface area contributed by atoms with Crippen LogP contribution in [0.25, 0.3) is 0 Å². The molecular weight excluding hydrogens is 266 g/mol. The monoisotopic (exact) mass is 283 g/mol. The first-order valence-corrected chi connectivity index (χ1v) is 6.56. The van der Waals surface area contributed by atoms with Gasteiger partial charge in [-0.05, 0) is 31.2 Å². The summed E-state index contributed by atoms with van der Waals surface area (Å²) < 4.78 is 5.00. The number of hydrogen-bond acceptors (Lipinski definition) is 6. The van der Waals surface area contributed by atoms with Gasteiger partial charge in [-0.2, -0.15) is 10.2 Å². The summed E-state index contributed by atoms with van der Waals surface area (Å²) in [4.78, 5) is 8.67. The molecule has 0 bridgehead atoms. The second-order valence-corrected chi connectivity index (χ2v) is 4.46. The molecule has 0 radical (unpaired) electrons. The smallest absolute Gasteiger partial charge is 0.229 e. The number of nitriles is 1. The van der Waals surface area contributed by atoms with Crippen molar-refractivity contribution in [3.63, 3.8) is 0 Å². The zero-order chi connectivity index (χ0) is 15.1. The van der Waals surface area contributed by atoms with Gasteiger partial charge in [0.15, 0.2) is 0 Å². The van der Waals surface area contributed by atoms with Crippen LogP contribution >= 0.6 is 0 Å². The topological polar surface area (TPSA) is 82.9 Å². The summed E-state index contributed by atoms with van der Waals surface area (Å²) in [5.74, 6) is 1.28. The standard InChI is InChI=1S/C15H17N5O/c1-11-10-18-15(20-14(11)17-7-8-21-2)19-13-5-3-12(9-16)4-6-13/h3-6,10H,7-8H2,1-2H3,(H2,17,18,19,20). The van der Waals surface area contributed by atoms with Crippen LogP contribution in [-0.2, 0) is 4.74 Å². The zero-order valence-electron chi connectivity index (χ0n) is 12.1. The average molecular weight is 283 g/mol. The fourth-order valence-corrected chi connectivity index (χ4v) is 1.71. The van der Waals surface area contributed by atoms with E-state index in [-0.39, 0.29) is 0 Å². The van der Waals surface area contributed by atoms with E-state index in [2.05, 4.69) is 26.7 Å². The lowest BCUT2D eigenvalue weighted by Gasteiger charge is -2.10. The Labute approximate surface area is 123 Å². The number of aromatic nitrogens is 2. The second-order valence-electron chi connectivity index (χ2n) is 4.46. The number of anilines is 3. The van der Waals surface area contributed by atoms with E-state index in [4.69, 9.17) is 10.00 Å². The summed E-state index contributed by atoms with van der Waals surface area (Å²) >= 11 is 0. The first-order valence-electron chi connectivity index (χ1n) is 6.56. The molecule has 2 rings (SSSR count). The van der Waals surface area contributed by atoms with Crippen LogP contribution in [0.1, 0.15) is 11.1 Å². The number of rotatable bonds is 6. The van der Waals surface area contributed by atoms with Gasteiger partial charge in [-0.1, -0.05) is 0 Å². The highest BCUT2D eigenvalue weighted by Crippen LogP contribution is 2.17. The van der Waals surface area contributed by atoms with Crippen molar-refractivity contribution < 1.29 is 4.74 Å². The highest BCUT2D eigenvalue weighted by atomic mass is 16.5. The number of aryl methyl sites for hydroxylation is 1. The van der Waals surface area contributed by atoms with Gasteiger partial charge in [-0.3, -0.25) is 0 Å². The third kappa shape index (κ3) is 4.16. The third-order valence-corrected chi connectivity index (χ3v) is 2.84. The molecular formula is C15H17N5O. The Hall–Kier alpha value is -2.65. The van der Waals surface area contributed by atoms with Crippen LogP contribution in [0.15, 0.2) is 30.5 Å². The SMILES string of the molecule is COCCNc1nc(Nc2ccc(C#N)cc2)ncc1C. The van der Waals surface area contributed by atoms with E-state index >= 15 is 0 Å². The lowest BCUT2D eigenvalue weighted by Crippen LogP contribution is -2.11. The first-order chi connectivity index (χ1) is 10.2. The van der Waals surface area contributed by atoms with Gasteiger partial charge in [0, 0.05) is 31.1 Å². The maximum atomic E-state index is 8.77. The Kier molecular flexibility index (Phi) is 5.07. The molecule has 21 heavy (non-hydrogen) atoms. The van der Waals surface area contributed by atoms with Gasteiger partial charge in [0.05, 0.1) is 18.2 Å². The number of benzene rings is 1. The average Bonchev–Trinajstić information content (AvgIpc) is 2.51. The highest BCUT2D eigenvalue weighted by Gasteiger charge is 2.04. The van der Waals surface area contributed by atoms with Gasteiger partial charge >= 0.3 is 0 Å². The van der Waals surface area contributed by atoms with Gasteiger partial charge in [0.25, 0.3) is 0 Å². The summed E-state index contributed by atoms with van der Waals surface area (Å²) in [6.45, 7) is 3.24. The summed E-state index contributed by atoms with van der Waals surface area (Å²) in [5.41, 5.74) is 2.42. The van der Waals surface area contributed by atoms with E-state index in [1.165, 1.54) is 0 Å². The molecule has 2 aromatic rings. The molecule has 6 nitrogen and oxygen atoms in total. The normalized spacial score (nSPS) is 9.95. The van der Waals surface area contributed by atoms with Crippen LogP contribution in [-0.4, -0.2) is 30.2 Å². The van der Waals surface area contributed by atoms with E-state index in [0.29, 0.717) is 24.7 Å². The molecule has 0 aliphatic carbocycles. The van der Waals surface area contributed by atoms with Crippen molar-refractivity contribution >= 4 is 17.5 Å². The highest BCUT2D eigenvalue weighted by molar-refractivity contribution is 5.57. The molecule has 6 heteroatoms. The molecule has 1 aromatic heterocycles. The fraction of sp³-hybridized carbons (Fsp3) is 0.267. The predicted molar refractivity (Wildman–Crippen MR) is 81.6 cm³/mol. The van der Waals surface area contributed by atoms with Gasteiger partial charge in [0.2, 0.25) is 5.95 Å². The predicted octanol–water partition coefficient (Wildman–Crippen LogP) is 2.46. The molecule has 108 valence electrons. The lowest BCUT2D eigenvalue weighted by molar-refractivity contribution is 0.210. The Balaban J connectivity index is 2.09. The van der Waals surface area contributed by atoms with Crippen LogP contribution in [0, 0.1) is 18.3 Å². The quantitative estimate of drug-likeness (QED) is 0.792. The minimum absolute atomic E-state index is 0.505. The van der Waals surface area contributed by atoms with Crippen LogP contribution in [0.3, 0.4) is 0 Å². The molecule has 0 saturated carbocycles. The maximum absolute atomic E-state index is 8.77. The fourth-order valence-electron chi connectivity index (χ4n) is 1.71. The maximum Gasteiger partial charge on any atom is 0.229 e. The Morgan fingerprint density at radius 3 is 2.71 bits per heavy atom. The third-order valence-electron chi connectivity index (χ3n) is 2.84. The largest absolute Gasteiger partial charge is 0.383 e. The van der Waals surface area contributed by atoms with Crippen molar-refractivity contribution in [3.8, 4) is 6.07 Å². The molecule has 0 fully saturated rings. The molecule has 0 saturated heterocycles. The van der Waals surface area contributed by atoms with Crippen molar-refractivity contribution in [2.75, 3.05) is 30.9 Å². The number of ether oxygens (including phenoxy) is 1. The van der Waals surface area contributed by atoms with Crippen molar-refractivity contribution in [1.29, 1.82) is 5.26 Å². The molecule has 0 aliphatic rings. The van der Waals surface area contributed by atoms with E-state index in [9.17, 15) is 0 Å². The van der Waals surface area contributed by atoms with Gasteiger partial charge in [-0.15, -0.1) is 0 Å². The van der Waals surface area contributed by atoms with Gasteiger partial charge in [0.1, 0.15) is 5.82 Å². The van der Waals surface area contributed by atoms with Gasteiger partial charge in [-0.25, -0.2) is 4.98 Å². The molecule has 1 aromatic carbocycles. The van der Waals surface area contributed by atoms with Gasteiger partial charge < -0.3 is 15.4 Å². The summed E-state index contributed by atoms with van der Waals surface area (Å²) in [5, 5.41) is 15.1. The van der Waals surface area contributed by atoms with Crippen LogP contribution < -0.4 is 10.6 Å². The summed E-state index contributed by atoms with van der Waals surface area (Å²) in [7, 11) is 1.66. The Bertz CT molecular complexity index is 634. The molecule has 0 amide bonds. The number of nitrogens with zero attached hydrogens (tertiary/aromatic N) is 3. The molecule has 0 unspecified atom stereocenters. The molecule has 1 heterocycles. The number of hydrogen-bond donors (Lipinski definition) is 2. The van der Waals surface area contributed by atoms with Crippen molar-refractivity contribution in [1.82, 2.24) is 9.97 Å². The van der Waals surface area contributed by atoms with Crippen molar-refractivity contribution in [2.24, 2.45) is 0 Å². The van der Waals surface area contributed by atoms with E-state index in [1.54, 1.807) is 25.4 Å². The van der Waals surface area contributed by atoms with Crippen LogP contribution in [0.5, 0.6) is 0 Å². The molecule has 2 N–H and O–H groups in total. The lowest BCUT2D eigenvalue weighted by atomic mass is 10.2. The number of nitrogens with one attached hydrogen (secondary N) is 2. The summed E-state index contributed by atoms with van der Waals surface area (Å²) in [6, 6.07) is 9.21. The Morgan fingerprint density at radius 1 is 1.29 bits per heavy atom. The minimum atomic E-state index is 0.505. The first kappa shape index (κ1) is 14.8. The van der Waals surface area contributed by atoms with Crippen molar-refractivity contribution in [2.45, 2.75) is 6.92 Å². The minimum Gasteiger partial charge on any atom is -0.383 e. The van der Waals surface area contributed by atoms with Crippen LogP contribution in [0.4, 0.5) is 17.5 Å². The molecule has 0 aliphatic heterocycles. The second kappa shape index (κ2) is 7.22. The van der Waals surface area contributed by atoms with E-state index < -0.39 is 0 Å². The van der Waals surface area contributed by atoms with Crippen LogP contribution in [0.2, 0.25) is 0 Å².